The molecule has 1 heterocycles. The first-order chi connectivity index (χ1) is 14.0. The molecule has 0 spiro atoms. The van der Waals surface area contributed by atoms with Crippen molar-refractivity contribution in [2.45, 2.75) is 6.54 Å². The number of anilines is 2. The monoisotopic (exact) mass is 395 g/mol. The van der Waals surface area contributed by atoms with Crippen molar-refractivity contribution in [3.8, 4) is 0 Å². The summed E-state index contributed by atoms with van der Waals surface area (Å²) in [6.07, 6.45) is 1.55. The number of hydrogen-bond acceptors (Lipinski definition) is 7. The molecule has 3 rings (SSSR count). The number of nitro benzene ring substituents is 1. The third-order valence-electron chi connectivity index (χ3n) is 3.89. The van der Waals surface area contributed by atoms with Crippen LogP contribution < -0.4 is 10.6 Å². The van der Waals surface area contributed by atoms with E-state index < -0.39 is 23.4 Å². The van der Waals surface area contributed by atoms with Crippen molar-refractivity contribution in [3.05, 3.63) is 88.4 Å². The van der Waals surface area contributed by atoms with Gasteiger partial charge in [-0.05, 0) is 30.3 Å². The second-order valence-electron chi connectivity index (χ2n) is 5.88. The van der Waals surface area contributed by atoms with Gasteiger partial charge in [0.05, 0.1) is 23.3 Å². The number of rotatable bonds is 8. The maximum atomic E-state index is 12.4. The summed E-state index contributed by atoms with van der Waals surface area (Å²) in [4.78, 5) is 34.8. The minimum atomic E-state index is -0.703. The van der Waals surface area contributed by atoms with Gasteiger partial charge in [0.2, 0.25) is 0 Å². The lowest BCUT2D eigenvalue weighted by molar-refractivity contribution is -0.383. The van der Waals surface area contributed by atoms with E-state index in [1.54, 1.807) is 48.7 Å². The van der Waals surface area contributed by atoms with Gasteiger partial charge in [0.25, 0.3) is 11.6 Å². The van der Waals surface area contributed by atoms with Crippen molar-refractivity contribution in [1.82, 2.24) is 0 Å². The van der Waals surface area contributed by atoms with E-state index in [9.17, 15) is 19.7 Å². The van der Waals surface area contributed by atoms with Crippen LogP contribution in [0.5, 0.6) is 0 Å². The number of esters is 1. The number of carbonyl (C=O) groups excluding carboxylic acids is 2. The van der Waals surface area contributed by atoms with Crippen LogP contribution in [0.2, 0.25) is 0 Å². The number of ether oxygens (including phenoxy) is 1. The average molecular weight is 395 g/mol. The molecule has 0 unspecified atom stereocenters. The Kier molecular flexibility index (Phi) is 6.21. The van der Waals surface area contributed by atoms with Gasteiger partial charge in [-0.25, -0.2) is 4.79 Å². The van der Waals surface area contributed by atoms with E-state index in [0.717, 1.165) is 0 Å². The Labute approximate surface area is 165 Å². The second kappa shape index (κ2) is 9.18. The smallest absolute Gasteiger partial charge is 0.340 e. The Bertz CT molecular complexity index is 1020. The summed E-state index contributed by atoms with van der Waals surface area (Å²) in [6, 6.07) is 15.9. The third-order valence-corrected chi connectivity index (χ3v) is 3.89. The molecule has 2 N–H and O–H groups in total. The Hall–Kier alpha value is -4.14. The lowest BCUT2D eigenvalue weighted by atomic mass is 10.2. The summed E-state index contributed by atoms with van der Waals surface area (Å²) in [5.41, 5.74) is 0.546. The molecule has 2 aromatic carbocycles. The first-order valence-electron chi connectivity index (χ1n) is 8.60. The minimum absolute atomic E-state index is 0.0269. The zero-order valence-electron chi connectivity index (χ0n) is 15.2. The quantitative estimate of drug-likeness (QED) is 0.339. The van der Waals surface area contributed by atoms with Crippen molar-refractivity contribution >= 4 is 28.9 Å². The Balaban J connectivity index is 1.59. The molecule has 0 atom stereocenters. The van der Waals surface area contributed by atoms with Crippen LogP contribution in [0.3, 0.4) is 0 Å². The van der Waals surface area contributed by atoms with Gasteiger partial charge in [-0.15, -0.1) is 0 Å². The number of nitrogens with zero attached hydrogens (tertiary/aromatic N) is 1. The van der Waals surface area contributed by atoms with Crippen molar-refractivity contribution in [2.24, 2.45) is 0 Å². The largest absolute Gasteiger partial charge is 0.467 e. The van der Waals surface area contributed by atoms with Crippen LogP contribution >= 0.6 is 0 Å². The number of hydrogen-bond donors (Lipinski definition) is 2. The van der Waals surface area contributed by atoms with Gasteiger partial charge < -0.3 is 19.8 Å². The fourth-order valence-corrected chi connectivity index (χ4v) is 2.54. The molecule has 148 valence electrons. The average Bonchev–Trinajstić information content (AvgIpc) is 3.24. The summed E-state index contributed by atoms with van der Waals surface area (Å²) in [5.74, 6) is -0.698. The van der Waals surface area contributed by atoms with Crippen molar-refractivity contribution in [3.63, 3.8) is 0 Å². The van der Waals surface area contributed by atoms with E-state index in [4.69, 9.17) is 9.15 Å². The fourth-order valence-electron chi connectivity index (χ4n) is 2.54. The molecule has 9 nitrogen and oxygen atoms in total. The molecule has 0 saturated carbocycles. The fraction of sp³-hybridized carbons (Fsp3) is 0.100. The number of nitro groups is 1. The molecule has 29 heavy (non-hydrogen) atoms. The van der Waals surface area contributed by atoms with Crippen LogP contribution in [-0.2, 0) is 16.1 Å². The molecule has 0 aliphatic rings. The Morgan fingerprint density at radius 2 is 1.72 bits per heavy atom. The lowest BCUT2D eigenvalue weighted by Gasteiger charge is -2.11. The predicted molar refractivity (Wildman–Crippen MR) is 104 cm³/mol. The number of amides is 1. The third kappa shape index (κ3) is 5.19. The normalized spacial score (nSPS) is 10.2. The highest BCUT2D eigenvalue weighted by molar-refractivity contribution is 5.99. The molecule has 0 radical (unpaired) electrons. The first-order valence-corrected chi connectivity index (χ1v) is 8.60. The molecular formula is C20H17N3O6. The number of nitrogens with one attached hydrogen (secondary N) is 2. The highest BCUT2D eigenvalue weighted by Crippen LogP contribution is 2.23. The topological polar surface area (TPSA) is 124 Å². The zero-order valence-corrected chi connectivity index (χ0v) is 15.2. The molecular weight excluding hydrogens is 378 g/mol. The van der Waals surface area contributed by atoms with E-state index in [0.29, 0.717) is 18.0 Å². The maximum Gasteiger partial charge on any atom is 0.340 e. The van der Waals surface area contributed by atoms with E-state index in [2.05, 4.69) is 10.6 Å². The van der Waals surface area contributed by atoms with Crippen molar-refractivity contribution < 1.29 is 23.7 Å². The Morgan fingerprint density at radius 1 is 1.00 bits per heavy atom. The van der Waals surface area contributed by atoms with E-state index in [1.807, 2.05) is 0 Å². The van der Waals surface area contributed by atoms with E-state index in [-0.39, 0.29) is 16.9 Å². The predicted octanol–water partition coefficient (Wildman–Crippen LogP) is 3.60. The van der Waals surface area contributed by atoms with Crippen LogP contribution in [0.15, 0.2) is 71.3 Å². The van der Waals surface area contributed by atoms with E-state index in [1.165, 1.54) is 18.2 Å². The number of para-hydroxylation sites is 3. The van der Waals surface area contributed by atoms with Gasteiger partial charge in [0, 0.05) is 11.8 Å². The van der Waals surface area contributed by atoms with Crippen LogP contribution in [-0.4, -0.2) is 23.4 Å². The number of benzene rings is 2. The SMILES string of the molecule is O=C(COC(=O)c1ccccc1NCc1ccco1)Nc1ccccc1[N+](=O)[O-]. The molecule has 0 fully saturated rings. The maximum absolute atomic E-state index is 12.4. The highest BCUT2D eigenvalue weighted by atomic mass is 16.6. The van der Waals surface area contributed by atoms with Crippen LogP contribution in [0.25, 0.3) is 0 Å². The molecule has 1 amide bonds. The molecule has 0 saturated heterocycles. The van der Waals surface area contributed by atoms with Gasteiger partial charge in [-0.2, -0.15) is 0 Å². The van der Waals surface area contributed by atoms with Gasteiger partial charge in [-0.1, -0.05) is 24.3 Å². The standard InChI is InChI=1S/C20H17N3O6/c24-19(22-17-9-3-4-10-18(17)23(26)27)13-29-20(25)15-7-1-2-8-16(15)21-12-14-6-5-11-28-14/h1-11,21H,12-13H2,(H,22,24). The molecule has 9 heteroatoms. The first kappa shape index (κ1) is 19.6. The molecule has 1 aromatic heterocycles. The summed E-state index contributed by atoms with van der Waals surface area (Å²) in [6.45, 7) is -0.215. The molecule has 0 aliphatic carbocycles. The summed E-state index contributed by atoms with van der Waals surface area (Å²) < 4.78 is 10.3. The van der Waals surface area contributed by atoms with Crippen molar-refractivity contribution in [1.29, 1.82) is 0 Å². The van der Waals surface area contributed by atoms with Crippen LogP contribution in [0.4, 0.5) is 17.1 Å². The van der Waals surface area contributed by atoms with Gasteiger partial charge in [0.15, 0.2) is 6.61 Å². The Morgan fingerprint density at radius 3 is 2.45 bits per heavy atom. The molecule has 0 aliphatic heterocycles. The number of carbonyl (C=O) groups is 2. The molecule has 3 aromatic rings. The highest BCUT2D eigenvalue weighted by Gasteiger charge is 2.17. The van der Waals surface area contributed by atoms with Gasteiger partial charge >= 0.3 is 5.97 Å². The summed E-state index contributed by atoms with van der Waals surface area (Å²) in [7, 11) is 0. The second-order valence-corrected chi connectivity index (χ2v) is 5.88. The van der Waals surface area contributed by atoms with Crippen LogP contribution in [0, 0.1) is 10.1 Å². The van der Waals surface area contributed by atoms with Crippen LogP contribution in [0.1, 0.15) is 16.1 Å². The zero-order chi connectivity index (χ0) is 20.6. The van der Waals surface area contributed by atoms with E-state index >= 15 is 0 Å². The minimum Gasteiger partial charge on any atom is -0.467 e. The molecule has 0 bridgehead atoms. The van der Waals surface area contributed by atoms with Crippen molar-refractivity contribution in [2.75, 3.05) is 17.2 Å². The summed E-state index contributed by atoms with van der Waals surface area (Å²) in [5, 5.41) is 16.4. The lowest BCUT2D eigenvalue weighted by Crippen LogP contribution is -2.21. The van der Waals surface area contributed by atoms with Gasteiger partial charge in [0.1, 0.15) is 11.4 Å². The number of furan rings is 1. The summed E-state index contributed by atoms with van der Waals surface area (Å²) >= 11 is 0. The van der Waals surface area contributed by atoms with Gasteiger partial charge in [-0.3, -0.25) is 14.9 Å².